The summed E-state index contributed by atoms with van der Waals surface area (Å²) in [7, 11) is 0. The molecule has 0 aromatic heterocycles. The van der Waals surface area contributed by atoms with E-state index < -0.39 is 5.97 Å². The summed E-state index contributed by atoms with van der Waals surface area (Å²) in [5.74, 6) is 1.23. The monoisotopic (exact) mass is 250 g/mol. The number of esters is 1. The molecule has 0 amide bonds. The summed E-state index contributed by atoms with van der Waals surface area (Å²) in [5.41, 5.74) is 0. The van der Waals surface area contributed by atoms with E-state index in [0.29, 0.717) is 0 Å². The van der Waals surface area contributed by atoms with Gasteiger partial charge in [0.15, 0.2) is 0 Å². The van der Waals surface area contributed by atoms with Crippen molar-refractivity contribution in [3.63, 3.8) is 0 Å². The first-order chi connectivity index (χ1) is 4.81. The Labute approximate surface area is 73.8 Å². The zero-order valence-electron chi connectivity index (χ0n) is 5.34. The van der Waals surface area contributed by atoms with Gasteiger partial charge in [0.1, 0.15) is 6.61 Å². The molecule has 0 aliphatic rings. The SMILES string of the molecule is C#CC(=O)OC/C=C/CI. The molecule has 3 heteroatoms. The van der Waals surface area contributed by atoms with Crippen molar-refractivity contribution in [2.75, 3.05) is 11.0 Å². The molecule has 0 unspecified atom stereocenters. The quantitative estimate of drug-likeness (QED) is 0.187. The molecule has 0 aromatic rings. The van der Waals surface area contributed by atoms with Crippen LogP contribution in [0.25, 0.3) is 0 Å². The van der Waals surface area contributed by atoms with Crippen LogP contribution in [0.15, 0.2) is 12.2 Å². The largest absolute Gasteiger partial charge is 0.452 e. The highest BCUT2D eigenvalue weighted by Crippen LogP contribution is 1.83. The van der Waals surface area contributed by atoms with Crippen molar-refractivity contribution >= 4 is 28.6 Å². The van der Waals surface area contributed by atoms with E-state index in [0.717, 1.165) is 4.43 Å². The highest BCUT2D eigenvalue weighted by atomic mass is 127. The van der Waals surface area contributed by atoms with Gasteiger partial charge in [0.25, 0.3) is 0 Å². The van der Waals surface area contributed by atoms with Crippen molar-refractivity contribution in [1.29, 1.82) is 0 Å². The van der Waals surface area contributed by atoms with Crippen LogP contribution in [0.1, 0.15) is 0 Å². The Bertz CT molecular complexity index is 167. The van der Waals surface area contributed by atoms with Crippen LogP contribution in [0.2, 0.25) is 0 Å². The summed E-state index contributed by atoms with van der Waals surface area (Å²) in [6.07, 6.45) is 8.38. The van der Waals surface area contributed by atoms with Gasteiger partial charge in [0.2, 0.25) is 0 Å². The molecule has 54 valence electrons. The van der Waals surface area contributed by atoms with Gasteiger partial charge in [-0.05, 0) is 0 Å². The highest BCUT2D eigenvalue weighted by molar-refractivity contribution is 14.1. The Kier molecular flexibility index (Phi) is 6.29. The minimum absolute atomic E-state index is 0.270. The van der Waals surface area contributed by atoms with Gasteiger partial charge in [0.05, 0.1) is 0 Å². The van der Waals surface area contributed by atoms with Gasteiger partial charge >= 0.3 is 5.97 Å². The van der Waals surface area contributed by atoms with Gasteiger partial charge in [-0.2, -0.15) is 0 Å². The van der Waals surface area contributed by atoms with Crippen LogP contribution < -0.4 is 0 Å². The minimum atomic E-state index is -0.613. The maximum Gasteiger partial charge on any atom is 0.384 e. The van der Waals surface area contributed by atoms with Crippen molar-refractivity contribution in [2.45, 2.75) is 0 Å². The molecule has 0 rings (SSSR count). The molecular formula is C7H7IO2. The number of hydrogen-bond acceptors (Lipinski definition) is 2. The third-order valence-corrected chi connectivity index (χ3v) is 1.19. The van der Waals surface area contributed by atoms with Crippen molar-refractivity contribution in [1.82, 2.24) is 0 Å². The summed E-state index contributed by atoms with van der Waals surface area (Å²) >= 11 is 2.19. The summed E-state index contributed by atoms with van der Waals surface area (Å²) in [4.78, 5) is 10.3. The Morgan fingerprint density at radius 1 is 1.70 bits per heavy atom. The zero-order valence-corrected chi connectivity index (χ0v) is 7.50. The molecule has 0 atom stereocenters. The van der Waals surface area contributed by atoms with E-state index in [1.54, 1.807) is 6.08 Å². The fraction of sp³-hybridized carbons (Fsp3) is 0.286. The van der Waals surface area contributed by atoms with Crippen LogP contribution in [-0.4, -0.2) is 17.0 Å². The van der Waals surface area contributed by atoms with Crippen LogP contribution in [0.3, 0.4) is 0 Å². The Morgan fingerprint density at radius 3 is 2.90 bits per heavy atom. The predicted octanol–water partition coefficient (Wildman–Crippen LogP) is 1.15. The van der Waals surface area contributed by atoms with E-state index in [-0.39, 0.29) is 6.61 Å². The van der Waals surface area contributed by atoms with Crippen LogP contribution in [0.4, 0.5) is 0 Å². The zero-order chi connectivity index (χ0) is 7.82. The highest BCUT2D eigenvalue weighted by Gasteiger charge is 1.89. The fourth-order valence-electron chi connectivity index (χ4n) is 0.297. The van der Waals surface area contributed by atoms with E-state index >= 15 is 0 Å². The molecule has 10 heavy (non-hydrogen) atoms. The van der Waals surface area contributed by atoms with E-state index in [1.807, 2.05) is 12.0 Å². The number of carbonyl (C=O) groups excluding carboxylic acids is 1. The third-order valence-electron chi connectivity index (χ3n) is 0.684. The van der Waals surface area contributed by atoms with Gasteiger partial charge < -0.3 is 4.74 Å². The number of carbonyl (C=O) groups is 1. The average Bonchev–Trinajstić information content (AvgIpc) is 1.98. The van der Waals surface area contributed by atoms with E-state index in [9.17, 15) is 4.79 Å². The second-order valence-corrected chi connectivity index (χ2v) is 2.25. The molecule has 0 aromatic carbocycles. The van der Waals surface area contributed by atoms with Gasteiger partial charge in [-0.25, -0.2) is 4.79 Å². The predicted molar refractivity (Wildman–Crippen MR) is 47.8 cm³/mol. The summed E-state index contributed by atoms with van der Waals surface area (Å²) < 4.78 is 5.44. The molecule has 0 saturated heterocycles. The maximum atomic E-state index is 10.3. The smallest absolute Gasteiger partial charge is 0.384 e. The van der Waals surface area contributed by atoms with Gasteiger partial charge in [0, 0.05) is 10.3 Å². The first-order valence-corrected chi connectivity index (χ1v) is 4.18. The Hall–Kier alpha value is -0.500. The number of terminal acetylenes is 1. The molecule has 0 saturated carbocycles. The number of halogens is 1. The van der Waals surface area contributed by atoms with Gasteiger partial charge in [-0.15, -0.1) is 6.42 Å². The van der Waals surface area contributed by atoms with Crippen LogP contribution >= 0.6 is 22.6 Å². The lowest BCUT2D eigenvalue weighted by atomic mass is 10.5. The molecule has 2 nitrogen and oxygen atoms in total. The molecule has 0 heterocycles. The van der Waals surface area contributed by atoms with E-state index in [2.05, 4.69) is 27.3 Å². The second-order valence-electron chi connectivity index (χ2n) is 1.37. The van der Waals surface area contributed by atoms with Gasteiger partial charge in [-0.1, -0.05) is 34.7 Å². The lowest BCUT2D eigenvalue weighted by Gasteiger charge is -1.91. The summed E-state index contributed by atoms with van der Waals surface area (Å²) in [6.45, 7) is 0.270. The van der Waals surface area contributed by atoms with Gasteiger partial charge in [-0.3, -0.25) is 0 Å². The molecule has 0 spiro atoms. The lowest BCUT2D eigenvalue weighted by Crippen LogP contribution is -1.99. The third kappa shape index (κ3) is 5.63. The van der Waals surface area contributed by atoms with Crippen molar-refractivity contribution in [3.8, 4) is 12.3 Å². The number of hydrogen-bond donors (Lipinski definition) is 0. The molecule has 0 aliphatic carbocycles. The summed E-state index contributed by atoms with van der Waals surface area (Å²) in [5, 5.41) is 0. The number of rotatable bonds is 3. The first-order valence-electron chi connectivity index (χ1n) is 2.65. The van der Waals surface area contributed by atoms with Crippen LogP contribution in [-0.2, 0) is 9.53 Å². The molecule has 0 fully saturated rings. The van der Waals surface area contributed by atoms with Crippen LogP contribution in [0, 0.1) is 12.3 Å². The standard InChI is InChI=1S/C7H7IO2/c1-2-7(9)10-6-4-3-5-8/h1,3-4H,5-6H2/b4-3+. The van der Waals surface area contributed by atoms with Crippen molar-refractivity contribution in [3.05, 3.63) is 12.2 Å². The van der Waals surface area contributed by atoms with Crippen molar-refractivity contribution in [2.24, 2.45) is 0 Å². The summed E-state index contributed by atoms with van der Waals surface area (Å²) in [6, 6.07) is 0. The topological polar surface area (TPSA) is 26.3 Å². The molecular weight excluding hydrogens is 243 g/mol. The molecule has 0 bridgehead atoms. The molecule has 0 N–H and O–H groups in total. The lowest BCUT2D eigenvalue weighted by molar-refractivity contribution is -0.135. The van der Waals surface area contributed by atoms with Crippen LogP contribution in [0.5, 0.6) is 0 Å². The number of alkyl halides is 1. The number of allylic oxidation sites excluding steroid dienone is 1. The first kappa shape index (κ1) is 9.50. The average molecular weight is 250 g/mol. The fourth-order valence-corrected chi connectivity index (χ4v) is 0.656. The van der Waals surface area contributed by atoms with E-state index in [4.69, 9.17) is 6.42 Å². The normalized spacial score (nSPS) is 9.20. The number of ether oxygens (including phenoxy) is 1. The Balaban J connectivity index is 3.30. The minimum Gasteiger partial charge on any atom is -0.452 e. The van der Waals surface area contributed by atoms with Crippen molar-refractivity contribution < 1.29 is 9.53 Å². The second kappa shape index (κ2) is 6.62. The Morgan fingerprint density at radius 2 is 2.40 bits per heavy atom. The maximum absolute atomic E-state index is 10.3. The molecule has 0 radical (unpaired) electrons. The van der Waals surface area contributed by atoms with E-state index in [1.165, 1.54) is 0 Å². The molecule has 0 aliphatic heterocycles.